The summed E-state index contributed by atoms with van der Waals surface area (Å²) in [5.41, 5.74) is 0.0917. The van der Waals surface area contributed by atoms with Gasteiger partial charge in [0, 0.05) is 36.8 Å². The Kier molecular flexibility index (Phi) is 4.24. The fourth-order valence-electron chi connectivity index (χ4n) is 3.17. The first-order chi connectivity index (χ1) is 10.1. The van der Waals surface area contributed by atoms with Crippen molar-refractivity contribution in [2.75, 3.05) is 32.8 Å². The largest absolute Gasteiger partial charge is 0.379 e. The number of rotatable bonds is 5. The molecule has 116 valence electrons. The van der Waals surface area contributed by atoms with Gasteiger partial charge in [-0.05, 0) is 38.0 Å². The highest BCUT2D eigenvalue weighted by atomic mass is 19.1. The molecule has 1 aromatic rings. The zero-order valence-electron chi connectivity index (χ0n) is 12.4. The molecule has 1 saturated carbocycles. The molecule has 1 unspecified atom stereocenters. The lowest BCUT2D eigenvalue weighted by atomic mass is 10.0. The van der Waals surface area contributed by atoms with Gasteiger partial charge in [-0.15, -0.1) is 0 Å². The molecule has 0 amide bonds. The van der Waals surface area contributed by atoms with Crippen LogP contribution in [0, 0.1) is 11.6 Å². The maximum atomic E-state index is 14.0. The van der Waals surface area contributed by atoms with Crippen molar-refractivity contribution < 1.29 is 13.5 Å². The van der Waals surface area contributed by atoms with Crippen molar-refractivity contribution in [1.29, 1.82) is 0 Å². The molecule has 3 nitrogen and oxygen atoms in total. The molecular weight excluding hydrogens is 274 g/mol. The first-order valence-electron chi connectivity index (χ1n) is 7.62. The molecule has 3 rings (SSSR count). The Hall–Kier alpha value is -1.04. The first kappa shape index (κ1) is 14.9. The minimum Gasteiger partial charge on any atom is -0.379 e. The van der Waals surface area contributed by atoms with Crippen molar-refractivity contribution in [2.45, 2.75) is 31.3 Å². The Morgan fingerprint density at radius 1 is 1.29 bits per heavy atom. The summed E-state index contributed by atoms with van der Waals surface area (Å²) in [5.74, 6) is -0.694. The predicted molar refractivity (Wildman–Crippen MR) is 77.1 cm³/mol. The fourth-order valence-corrected chi connectivity index (χ4v) is 3.17. The van der Waals surface area contributed by atoms with E-state index in [-0.39, 0.29) is 23.2 Å². The smallest absolute Gasteiger partial charge is 0.128 e. The number of nitrogens with one attached hydrogen (secondary N) is 1. The number of morpholine rings is 1. The summed E-state index contributed by atoms with van der Waals surface area (Å²) in [6.45, 7) is 6.43. The van der Waals surface area contributed by atoms with Crippen molar-refractivity contribution in [1.82, 2.24) is 10.2 Å². The van der Waals surface area contributed by atoms with E-state index >= 15 is 0 Å². The number of ether oxygens (including phenoxy) is 1. The lowest BCUT2D eigenvalue weighted by molar-refractivity contribution is 0.0336. The average Bonchev–Trinajstić information content (AvgIpc) is 3.23. The molecule has 1 N–H and O–H groups in total. The molecule has 0 spiro atoms. The van der Waals surface area contributed by atoms with E-state index in [1.54, 1.807) is 0 Å². The monoisotopic (exact) mass is 296 g/mol. The van der Waals surface area contributed by atoms with Crippen molar-refractivity contribution in [3.63, 3.8) is 0 Å². The molecule has 1 heterocycles. The molecule has 0 radical (unpaired) electrons. The molecular formula is C16H22F2N2O. The third-order valence-electron chi connectivity index (χ3n) is 4.35. The SMILES string of the molecule is CC(CN1CCOCC1)NC1(c2cc(F)ccc2F)CC1. The molecule has 5 heteroatoms. The van der Waals surface area contributed by atoms with Gasteiger partial charge in [0.05, 0.1) is 13.2 Å². The van der Waals surface area contributed by atoms with Gasteiger partial charge in [-0.25, -0.2) is 8.78 Å². The molecule has 2 fully saturated rings. The van der Waals surface area contributed by atoms with E-state index in [0.717, 1.165) is 45.7 Å². The van der Waals surface area contributed by atoms with E-state index in [0.29, 0.717) is 5.56 Å². The zero-order valence-corrected chi connectivity index (χ0v) is 12.4. The highest BCUT2D eigenvalue weighted by Gasteiger charge is 2.46. The van der Waals surface area contributed by atoms with Gasteiger partial charge in [-0.3, -0.25) is 4.90 Å². The van der Waals surface area contributed by atoms with Crippen LogP contribution < -0.4 is 5.32 Å². The highest BCUT2D eigenvalue weighted by molar-refractivity contribution is 5.32. The Morgan fingerprint density at radius 2 is 2.00 bits per heavy atom. The van der Waals surface area contributed by atoms with E-state index in [1.165, 1.54) is 18.2 Å². The summed E-state index contributed by atoms with van der Waals surface area (Å²) in [7, 11) is 0. The second-order valence-corrected chi connectivity index (χ2v) is 6.16. The van der Waals surface area contributed by atoms with Gasteiger partial charge in [-0.1, -0.05) is 0 Å². The van der Waals surface area contributed by atoms with Crippen LogP contribution in [-0.2, 0) is 10.3 Å². The topological polar surface area (TPSA) is 24.5 Å². The molecule has 1 aliphatic carbocycles. The van der Waals surface area contributed by atoms with Crippen LogP contribution >= 0.6 is 0 Å². The number of hydrogen-bond donors (Lipinski definition) is 1. The van der Waals surface area contributed by atoms with E-state index in [1.807, 2.05) is 0 Å². The van der Waals surface area contributed by atoms with Crippen LogP contribution in [-0.4, -0.2) is 43.8 Å². The normalized spacial score (nSPS) is 23.0. The van der Waals surface area contributed by atoms with Crippen molar-refractivity contribution in [3.05, 3.63) is 35.4 Å². The number of hydrogen-bond acceptors (Lipinski definition) is 3. The number of nitrogens with zero attached hydrogens (tertiary/aromatic N) is 1. The maximum absolute atomic E-state index is 14.0. The minimum absolute atomic E-state index is 0.230. The van der Waals surface area contributed by atoms with Crippen LogP contribution in [0.15, 0.2) is 18.2 Å². The van der Waals surface area contributed by atoms with E-state index in [9.17, 15) is 8.78 Å². The molecule has 0 bridgehead atoms. The second kappa shape index (κ2) is 5.99. The predicted octanol–water partition coefficient (Wildman–Crippen LogP) is 2.26. The van der Waals surface area contributed by atoms with Crippen LogP contribution in [0.2, 0.25) is 0 Å². The lowest BCUT2D eigenvalue weighted by Crippen LogP contribution is -2.47. The van der Waals surface area contributed by atoms with Gasteiger partial charge in [0.15, 0.2) is 0 Å². The summed E-state index contributed by atoms with van der Waals surface area (Å²) >= 11 is 0. The molecule has 2 aliphatic rings. The zero-order chi connectivity index (χ0) is 14.9. The third-order valence-corrected chi connectivity index (χ3v) is 4.35. The molecule has 1 saturated heterocycles. The van der Waals surface area contributed by atoms with Gasteiger partial charge >= 0.3 is 0 Å². The molecule has 1 aromatic carbocycles. The Labute approximate surface area is 124 Å². The first-order valence-corrected chi connectivity index (χ1v) is 7.62. The molecule has 1 aliphatic heterocycles. The van der Waals surface area contributed by atoms with E-state index in [2.05, 4.69) is 17.1 Å². The maximum Gasteiger partial charge on any atom is 0.128 e. The van der Waals surface area contributed by atoms with Crippen molar-refractivity contribution in [3.8, 4) is 0 Å². The molecule has 21 heavy (non-hydrogen) atoms. The lowest BCUT2D eigenvalue weighted by Gasteiger charge is -2.31. The summed E-state index contributed by atoms with van der Waals surface area (Å²) < 4.78 is 32.7. The van der Waals surface area contributed by atoms with Crippen LogP contribution in [0.3, 0.4) is 0 Å². The van der Waals surface area contributed by atoms with Gasteiger partial charge in [-0.2, -0.15) is 0 Å². The number of halogens is 2. The van der Waals surface area contributed by atoms with Crippen LogP contribution in [0.25, 0.3) is 0 Å². The van der Waals surface area contributed by atoms with Gasteiger partial charge in [0.1, 0.15) is 11.6 Å². The van der Waals surface area contributed by atoms with Crippen LogP contribution in [0.5, 0.6) is 0 Å². The fraction of sp³-hybridized carbons (Fsp3) is 0.625. The van der Waals surface area contributed by atoms with Crippen LogP contribution in [0.4, 0.5) is 8.78 Å². The molecule has 1 atom stereocenters. The quantitative estimate of drug-likeness (QED) is 0.902. The standard InChI is InChI=1S/C16H22F2N2O/c1-12(11-20-6-8-21-9-7-20)19-16(4-5-16)14-10-13(17)2-3-15(14)18/h2-3,10,12,19H,4-9,11H2,1H3. The third kappa shape index (κ3) is 3.42. The minimum atomic E-state index is -0.377. The van der Waals surface area contributed by atoms with Gasteiger partial charge in [0.25, 0.3) is 0 Å². The highest BCUT2D eigenvalue weighted by Crippen LogP contribution is 2.47. The van der Waals surface area contributed by atoms with E-state index in [4.69, 9.17) is 4.74 Å². The Bertz CT molecular complexity index is 499. The Morgan fingerprint density at radius 3 is 2.67 bits per heavy atom. The summed E-state index contributed by atoms with van der Waals surface area (Å²) in [5, 5.41) is 3.51. The van der Waals surface area contributed by atoms with Gasteiger partial charge in [0.2, 0.25) is 0 Å². The van der Waals surface area contributed by atoms with E-state index < -0.39 is 0 Å². The second-order valence-electron chi connectivity index (χ2n) is 6.16. The van der Waals surface area contributed by atoms with Gasteiger partial charge < -0.3 is 10.1 Å². The Balaban J connectivity index is 1.64. The average molecular weight is 296 g/mol. The van der Waals surface area contributed by atoms with Crippen molar-refractivity contribution in [2.24, 2.45) is 0 Å². The number of benzene rings is 1. The molecule has 0 aromatic heterocycles. The summed E-state index contributed by atoms with van der Waals surface area (Å²) in [6, 6.07) is 3.95. The van der Waals surface area contributed by atoms with Crippen molar-refractivity contribution >= 4 is 0 Å². The van der Waals surface area contributed by atoms with Crippen LogP contribution in [0.1, 0.15) is 25.3 Å². The summed E-state index contributed by atoms with van der Waals surface area (Å²) in [4.78, 5) is 2.35. The summed E-state index contributed by atoms with van der Waals surface area (Å²) in [6.07, 6.45) is 1.72.